The van der Waals surface area contributed by atoms with Gasteiger partial charge in [0.1, 0.15) is 5.82 Å². The van der Waals surface area contributed by atoms with E-state index in [4.69, 9.17) is 5.73 Å². The van der Waals surface area contributed by atoms with Crippen molar-refractivity contribution >= 4 is 11.4 Å². The summed E-state index contributed by atoms with van der Waals surface area (Å²) in [5.41, 5.74) is 9.73. The smallest absolute Gasteiger partial charge is 0.123 e. The van der Waals surface area contributed by atoms with Crippen LogP contribution in [0.5, 0.6) is 0 Å². The van der Waals surface area contributed by atoms with Crippen LogP contribution in [0.1, 0.15) is 11.1 Å². The molecule has 2 aromatic carbocycles. The topological polar surface area (TPSA) is 29.3 Å². The van der Waals surface area contributed by atoms with Gasteiger partial charge in [-0.25, -0.2) is 4.39 Å². The molecule has 0 aliphatic rings. The van der Waals surface area contributed by atoms with E-state index in [1.807, 2.05) is 38.2 Å². The monoisotopic (exact) mass is 244 g/mol. The molecule has 0 saturated carbocycles. The molecule has 18 heavy (non-hydrogen) atoms. The van der Waals surface area contributed by atoms with Gasteiger partial charge in [0.25, 0.3) is 0 Å². The molecule has 0 fully saturated rings. The van der Waals surface area contributed by atoms with E-state index in [-0.39, 0.29) is 5.82 Å². The van der Waals surface area contributed by atoms with Gasteiger partial charge in [0.2, 0.25) is 0 Å². The molecular formula is C15H17FN2. The number of nitrogen functional groups attached to an aromatic ring is 1. The number of nitrogens with two attached hydrogens (primary N) is 1. The Morgan fingerprint density at radius 3 is 2.61 bits per heavy atom. The van der Waals surface area contributed by atoms with Crippen LogP contribution in [-0.2, 0) is 6.54 Å². The molecule has 0 aliphatic carbocycles. The van der Waals surface area contributed by atoms with E-state index in [9.17, 15) is 4.39 Å². The van der Waals surface area contributed by atoms with Gasteiger partial charge in [-0.3, -0.25) is 0 Å². The summed E-state index contributed by atoms with van der Waals surface area (Å²) >= 11 is 0. The maximum Gasteiger partial charge on any atom is 0.123 e. The van der Waals surface area contributed by atoms with Crippen LogP contribution < -0.4 is 10.6 Å². The van der Waals surface area contributed by atoms with Crippen molar-refractivity contribution in [2.24, 2.45) is 0 Å². The maximum absolute atomic E-state index is 13.1. The summed E-state index contributed by atoms with van der Waals surface area (Å²) in [6.45, 7) is 2.65. The largest absolute Gasteiger partial charge is 0.398 e. The second-order valence-electron chi connectivity index (χ2n) is 4.48. The summed E-state index contributed by atoms with van der Waals surface area (Å²) in [7, 11) is 1.98. The molecule has 2 nitrogen and oxygen atoms in total. The molecule has 0 atom stereocenters. The minimum atomic E-state index is -0.204. The zero-order chi connectivity index (χ0) is 13.1. The Balaban J connectivity index is 2.22. The second-order valence-corrected chi connectivity index (χ2v) is 4.48. The highest BCUT2D eigenvalue weighted by Crippen LogP contribution is 2.24. The van der Waals surface area contributed by atoms with Gasteiger partial charge in [0.05, 0.1) is 0 Å². The summed E-state index contributed by atoms with van der Waals surface area (Å²) < 4.78 is 13.1. The third-order valence-corrected chi connectivity index (χ3v) is 3.07. The predicted molar refractivity (Wildman–Crippen MR) is 74.1 cm³/mol. The molecule has 0 amide bonds. The lowest BCUT2D eigenvalue weighted by Gasteiger charge is -2.22. The highest BCUT2D eigenvalue weighted by Gasteiger charge is 2.07. The maximum atomic E-state index is 13.1. The van der Waals surface area contributed by atoms with E-state index < -0.39 is 0 Å². The zero-order valence-electron chi connectivity index (χ0n) is 10.7. The molecule has 3 heteroatoms. The first-order valence-electron chi connectivity index (χ1n) is 5.88. The summed E-state index contributed by atoms with van der Waals surface area (Å²) in [6, 6.07) is 12.5. The molecule has 0 radical (unpaired) electrons. The summed E-state index contributed by atoms with van der Waals surface area (Å²) in [5, 5.41) is 0. The van der Waals surface area contributed by atoms with Crippen molar-refractivity contribution in [1.82, 2.24) is 0 Å². The van der Waals surface area contributed by atoms with Crippen LogP contribution in [0.25, 0.3) is 0 Å². The number of anilines is 2. The molecule has 2 rings (SSSR count). The fourth-order valence-electron chi connectivity index (χ4n) is 2.05. The normalized spacial score (nSPS) is 10.4. The van der Waals surface area contributed by atoms with Gasteiger partial charge in [0, 0.05) is 25.0 Å². The molecule has 2 N–H and O–H groups in total. The Morgan fingerprint density at radius 1 is 1.17 bits per heavy atom. The lowest BCUT2D eigenvalue weighted by atomic mass is 10.1. The van der Waals surface area contributed by atoms with E-state index in [0.29, 0.717) is 6.54 Å². The minimum absolute atomic E-state index is 0.204. The molecular weight excluding hydrogens is 227 g/mol. The Morgan fingerprint density at radius 2 is 1.89 bits per heavy atom. The van der Waals surface area contributed by atoms with Crippen molar-refractivity contribution in [1.29, 1.82) is 0 Å². The highest BCUT2D eigenvalue weighted by molar-refractivity contribution is 5.63. The van der Waals surface area contributed by atoms with Crippen LogP contribution in [0, 0.1) is 12.7 Å². The number of hydrogen-bond donors (Lipinski definition) is 1. The van der Waals surface area contributed by atoms with Gasteiger partial charge in [-0.2, -0.15) is 0 Å². The molecule has 0 saturated heterocycles. The first kappa shape index (κ1) is 12.4. The quantitative estimate of drug-likeness (QED) is 0.839. The second kappa shape index (κ2) is 5.08. The molecule has 2 aromatic rings. The van der Waals surface area contributed by atoms with Crippen molar-refractivity contribution < 1.29 is 4.39 Å². The summed E-state index contributed by atoms with van der Waals surface area (Å²) in [5.74, 6) is -0.204. The Labute approximate surface area is 107 Å². The van der Waals surface area contributed by atoms with Gasteiger partial charge in [-0.05, 0) is 42.3 Å². The molecule has 0 bridgehead atoms. The average molecular weight is 244 g/mol. The average Bonchev–Trinajstić information content (AvgIpc) is 2.32. The van der Waals surface area contributed by atoms with Crippen LogP contribution in [0.2, 0.25) is 0 Å². The van der Waals surface area contributed by atoms with Crippen LogP contribution in [-0.4, -0.2) is 7.05 Å². The van der Waals surface area contributed by atoms with Crippen LogP contribution in [0.15, 0.2) is 42.5 Å². The minimum Gasteiger partial charge on any atom is -0.398 e. The Kier molecular flexibility index (Phi) is 3.51. The Hall–Kier alpha value is -2.03. The number of rotatable bonds is 3. The van der Waals surface area contributed by atoms with Gasteiger partial charge in [-0.15, -0.1) is 0 Å². The number of halogens is 1. The van der Waals surface area contributed by atoms with Crippen molar-refractivity contribution in [3.63, 3.8) is 0 Å². The van der Waals surface area contributed by atoms with E-state index in [2.05, 4.69) is 4.90 Å². The van der Waals surface area contributed by atoms with E-state index in [1.54, 1.807) is 12.1 Å². The van der Waals surface area contributed by atoms with Crippen molar-refractivity contribution in [2.75, 3.05) is 17.7 Å². The van der Waals surface area contributed by atoms with E-state index in [0.717, 1.165) is 22.5 Å². The molecule has 0 aliphatic heterocycles. The van der Waals surface area contributed by atoms with Crippen LogP contribution in [0.3, 0.4) is 0 Å². The lowest BCUT2D eigenvalue weighted by Crippen LogP contribution is -2.17. The van der Waals surface area contributed by atoms with Crippen molar-refractivity contribution in [2.45, 2.75) is 13.5 Å². The third-order valence-electron chi connectivity index (χ3n) is 3.07. The molecule has 0 aromatic heterocycles. The van der Waals surface area contributed by atoms with Crippen LogP contribution in [0.4, 0.5) is 15.8 Å². The summed E-state index contributed by atoms with van der Waals surface area (Å²) in [6.07, 6.45) is 0. The molecule has 94 valence electrons. The first-order valence-corrected chi connectivity index (χ1v) is 5.88. The van der Waals surface area contributed by atoms with Crippen LogP contribution >= 0.6 is 0 Å². The number of nitrogens with zero attached hydrogens (tertiary/aromatic N) is 1. The van der Waals surface area contributed by atoms with Gasteiger partial charge < -0.3 is 10.6 Å². The Bertz CT molecular complexity index is 552. The molecule has 0 unspecified atom stereocenters. The van der Waals surface area contributed by atoms with E-state index >= 15 is 0 Å². The van der Waals surface area contributed by atoms with Crippen molar-refractivity contribution in [3.05, 3.63) is 59.4 Å². The predicted octanol–water partition coefficient (Wildman–Crippen LogP) is 3.35. The van der Waals surface area contributed by atoms with Gasteiger partial charge in [-0.1, -0.05) is 18.2 Å². The molecule has 0 spiro atoms. The summed E-state index contributed by atoms with van der Waals surface area (Å²) in [4.78, 5) is 2.07. The van der Waals surface area contributed by atoms with Gasteiger partial charge in [0.15, 0.2) is 0 Å². The fourth-order valence-corrected chi connectivity index (χ4v) is 2.05. The van der Waals surface area contributed by atoms with E-state index in [1.165, 1.54) is 6.07 Å². The number of hydrogen-bond acceptors (Lipinski definition) is 2. The van der Waals surface area contributed by atoms with Gasteiger partial charge >= 0.3 is 0 Å². The first-order chi connectivity index (χ1) is 8.58. The molecule has 0 heterocycles. The SMILES string of the molecule is Cc1c(N)cccc1N(C)Cc1cccc(F)c1. The van der Waals surface area contributed by atoms with Crippen molar-refractivity contribution in [3.8, 4) is 0 Å². The number of benzene rings is 2. The third kappa shape index (κ3) is 2.62. The fraction of sp³-hybridized carbons (Fsp3) is 0.200. The highest BCUT2D eigenvalue weighted by atomic mass is 19.1. The lowest BCUT2D eigenvalue weighted by molar-refractivity contribution is 0.625. The zero-order valence-corrected chi connectivity index (χ0v) is 10.7. The standard InChI is InChI=1S/C15H17FN2/c1-11-14(17)7-4-8-15(11)18(2)10-12-5-3-6-13(16)9-12/h3-9H,10,17H2,1-2H3.